The maximum absolute atomic E-state index is 5.79. The van der Waals surface area contributed by atoms with Crippen molar-refractivity contribution in [1.29, 1.82) is 0 Å². The van der Waals surface area contributed by atoms with Gasteiger partial charge in [-0.1, -0.05) is 0 Å². The molecule has 1 N–H and O–H groups in total. The molecule has 3 unspecified atom stereocenters. The molecule has 2 heterocycles. The van der Waals surface area contributed by atoms with Crippen LogP contribution in [0.2, 0.25) is 0 Å². The molecule has 0 aliphatic carbocycles. The third kappa shape index (κ3) is 3.36. The summed E-state index contributed by atoms with van der Waals surface area (Å²) in [5, 5.41) is 3.58. The molecule has 0 aromatic rings. The Bertz CT molecular complexity index is 204. The van der Waals surface area contributed by atoms with E-state index in [0.717, 1.165) is 13.1 Å². The molecule has 88 valence electrons. The van der Waals surface area contributed by atoms with E-state index in [4.69, 9.17) is 4.74 Å². The van der Waals surface area contributed by atoms with Crippen molar-refractivity contribution in [3.63, 3.8) is 0 Å². The zero-order chi connectivity index (χ0) is 10.7. The van der Waals surface area contributed by atoms with Crippen LogP contribution in [0.25, 0.3) is 0 Å². The minimum Gasteiger partial charge on any atom is -0.374 e. The number of thioether (sulfide) groups is 1. The van der Waals surface area contributed by atoms with Crippen LogP contribution in [0.4, 0.5) is 0 Å². The predicted molar refractivity (Wildman–Crippen MR) is 66.5 cm³/mol. The molecule has 3 atom stereocenters. The van der Waals surface area contributed by atoms with Crippen LogP contribution in [0.1, 0.15) is 39.5 Å². The molecule has 3 heteroatoms. The van der Waals surface area contributed by atoms with Gasteiger partial charge in [0.2, 0.25) is 0 Å². The van der Waals surface area contributed by atoms with Crippen LogP contribution in [0.3, 0.4) is 0 Å². The van der Waals surface area contributed by atoms with Crippen LogP contribution in [0.5, 0.6) is 0 Å². The van der Waals surface area contributed by atoms with Crippen molar-refractivity contribution in [2.24, 2.45) is 0 Å². The number of hydrogen-bond acceptors (Lipinski definition) is 3. The molecule has 2 aliphatic rings. The van der Waals surface area contributed by atoms with Gasteiger partial charge in [0.05, 0.1) is 12.2 Å². The van der Waals surface area contributed by atoms with Crippen LogP contribution in [0, 0.1) is 0 Å². The summed E-state index contributed by atoms with van der Waals surface area (Å²) in [4.78, 5) is 0. The highest BCUT2D eigenvalue weighted by atomic mass is 32.2. The molecule has 0 amide bonds. The lowest BCUT2D eigenvalue weighted by Crippen LogP contribution is -2.37. The maximum Gasteiger partial charge on any atom is 0.0704 e. The summed E-state index contributed by atoms with van der Waals surface area (Å²) in [5.41, 5.74) is 0. The summed E-state index contributed by atoms with van der Waals surface area (Å²) in [5.74, 6) is 1.34. The first-order valence-corrected chi connectivity index (χ1v) is 7.17. The third-order valence-electron chi connectivity index (χ3n) is 3.49. The lowest BCUT2D eigenvalue weighted by Gasteiger charge is -2.24. The van der Waals surface area contributed by atoms with Crippen molar-refractivity contribution < 1.29 is 4.74 Å². The monoisotopic (exact) mass is 229 g/mol. The zero-order valence-electron chi connectivity index (χ0n) is 9.92. The Morgan fingerprint density at radius 3 is 2.93 bits per heavy atom. The summed E-state index contributed by atoms with van der Waals surface area (Å²) >= 11 is 2.12. The van der Waals surface area contributed by atoms with Crippen molar-refractivity contribution in [1.82, 2.24) is 5.32 Å². The zero-order valence-corrected chi connectivity index (χ0v) is 10.7. The largest absolute Gasteiger partial charge is 0.374 e. The molecule has 2 saturated heterocycles. The minimum atomic E-state index is 0.468. The van der Waals surface area contributed by atoms with Crippen molar-refractivity contribution >= 4 is 11.8 Å². The Labute approximate surface area is 97.5 Å². The molecular weight excluding hydrogens is 206 g/mol. The van der Waals surface area contributed by atoms with Crippen LogP contribution in [-0.2, 0) is 4.74 Å². The Morgan fingerprint density at radius 2 is 2.33 bits per heavy atom. The van der Waals surface area contributed by atoms with Gasteiger partial charge in [-0.3, -0.25) is 0 Å². The first-order valence-electron chi connectivity index (χ1n) is 6.18. The van der Waals surface area contributed by atoms with Crippen LogP contribution in [0.15, 0.2) is 0 Å². The normalized spacial score (nSPS) is 41.2. The SMILES string of the molecule is CC1CCC(CNCC2(C)CCCS2)O1. The van der Waals surface area contributed by atoms with E-state index in [9.17, 15) is 0 Å². The van der Waals surface area contributed by atoms with Crippen LogP contribution in [-0.4, -0.2) is 35.8 Å². The van der Waals surface area contributed by atoms with E-state index in [-0.39, 0.29) is 0 Å². The van der Waals surface area contributed by atoms with Crippen molar-refractivity contribution in [2.45, 2.75) is 56.5 Å². The van der Waals surface area contributed by atoms with E-state index in [0.29, 0.717) is 17.0 Å². The van der Waals surface area contributed by atoms with Crippen molar-refractivity contribution in [2.75, 3.05) is 18.8 Å². The van der Waals surface area contributed by atoms with E-state index in [2.05, 4.69) is 30.9 Å². The van der Waals surface area contributed by atoms with Gasteiger partial charge in [0.15, 0.2) is 0 Å². The highest BCUT2D eigenvalue weighted by Gasteiger charge is 2.29. The third-order valence-corrected chi connectivity index (χ3v) is 5.03. The molecule has 0 aromatic heterocycles. The fraction of sp³-hybridized carbons (Fsp3) is 1.00. The van der Waals surface area contributed by atoms with Crippen LogP contribution < -0.4 is 5.32 Å². The highest BCUT2D eigenvalue weighted by Crippen LogP contribution is 2.36. The van der Waals surface area contributed by atoms with Crippen molar-refractivity contribution in [3.8, 4) is 0 Å². The standard InChI is InChI=1S/C12H23NOS/c1-10-4-5-11(14-10)8-13-9-12(2)6-3-7-15-12/h10-11,13H,3-9H2,1-2H3. The van der Waals surface area contributed by atoms with Gasteiger partial charge < -0.3 is 10.1 Å². The van der Waals surface area contributed by atoms with Gasteiger partial charge in [-0.15, -0.1) is 0 Å². The van der Waals surface area contributed by atoms with Gasteiger partial charge >= 0.3 is 0 Å². The quantitative estimate of drug-likeness (QED) is 0.800. The van der Waals surface area contributed by atoms with E-state index in [1.165, 1.54) is 31.4 Å². The second-order valence-corrected chi connectivity index (χ2v) is 6.86. The van der Waals surface area contributed by atoms with Gasteiger partial charge in [0.25, 0.3) is 0 Å². The Balaban J connectivity index is 1.62. The number of ether oxygens (including phenoxy) is 1. The Morgan fingerprint density at radius 1 is 1.47 bits per heavy atom. The predicted octanol–water partition coefficient (Wildman–Crippen LogP) is 2.43. The van der Waals surface area contributed by atoms with Gasteiger partial charge in [0, 0.05) is 17.8 Å². The molecule has 0 spiro atoms. The van der Waals surface area contributed by atoms with Gasteiger partial charge in [0.1, 0.15) is 0 Å². The molecule has 15 heavy (non-hydrogen) atoms. The maximum atomic E-state index is 5.79. The summed E-state index contributed by atoms with van der Waals surface area (Å²) in [6.45, 7) is 6.75. The average molecular weight is 229 g/mol. The van der Waals surface area contributed by atoms with E-state index >= 15 is 0 Å². The van der Waals surface area contributed by atoms with Gasteiger partial charge in [-0.25, -0.2) is 0 Å². The number of rotatable bonds is 4. The van der Waals surface area contributed by atoms with Crippen LogP contribution >= 0.6 is 11.8 Å². The van der Waals surface area contributed by atoms with E-state index < -0.39 is 0 Å². The molecule has 0 saturated carbocycles. The van der Waals surface area contributed by atoms with E-state index in [1.807, 2.05) is 0 Å². The first kappa shape index (κ1) is 11.7. The first-order chi connectivity index (χ1) is 7.18. The highest BCUT2D eigenvalue weighted by molar-refractivity contribution is 8.00. The molecule has 0 radical (unpaired) electrons. The summed E-state index contributed by atoms with van der Waals surface area (Å²) in [6.07, 6.45) is 6.17. The lowest BCUT2D eigenvalue weighted by molar-refractivity contribution is 0.0558. The molecule has 2 fully saturated rings. The Hall–Kier alpha value is 0.270. The summed E-state index contributed by atoms with van der Waals surface area (Å²) < 4.78 is 6.28. The molecular formula is C12H23NOS. The molecule has 2 aliphatic heterocycles. The fourth-order valence-corrected chi connectivity index (χ4v) is 3.78. The minimum absolute atomic E-state index is 0.468. The number of nitrogens with one attached hydrogen (secondary N) is 1. The summed E-state index contributed by atoms with van der Waals surface area (Å²) in [7, 11) is 0. The van der Waals surface area contributed by atoms with Gasteiger partial charge in [-0.2, -0.15) is 11.8 Å². The van der Waals surface area contributed by atoms with Crippen molar-refractivity contribution in [3.05, 3.63) is 0 Å². The molecule has 2 rings (SSSR count). The molecule has 0 bridgehead atoms. The second-order valence-electron chi connectivity index (χ2n) is 5.18. The molecule has 2 nitrogen and oxygen atoms in total. The Kier molecular flexibility index (Phi) is 3.97. The topological polar surface area (TPSA) is 21.3 Å². The second kappa shape index (κ2) is 5.07. The summed E-state index contributed by atoms with van der Waals surface area (Å²) in [6, 6.07) is 0. The van der Waals surface area contributed by atoms with Gasteiger partial charge in [-0.05, 0) is 45.3 Å². The lowest BCUT2D eigenvalue weighted by atomic mass is 10.1. The van der Waals surface area contributed by atoms with E-state index in [1.54, 1.807) is 0 Å². The molecule has 0 aromatic carbocycles. The average Bonchev–Trinajstić information content (AvgIpc) is 2.76. The smallest absolute Gasteiger partial charge is 0.0704 e. The fourth-order valence-electron chi connectivity index (χ4n) is 2.51. The number of hydrogen-bond donors (Lipinski definition) is 1.